The average Bonchev–Trinajstić information content (AvgIpc) is 2.53. The zero-order valence-corrected chi connectivity index (χ0v) is 13.5. The number of amides is 2. The van der Waals surface area contributed by atoms with Crippen molar-refractivity contribution in [2.45, 2.75) is 6.61 Å². The lowest BCUT2D eigenvalue weighted by atomic mass is 10.2. The zero-order valence-electron chi connectivity index (χ0n) is 12.0. The van der Waals surface area contributed by atoms with E-state index in [9.17, 15) is 9.59 Å². The molecule has 114 valence electrons. The maximum Gasteiger partial charge on any atom is 0.414 e. The van der Waals surface area contributed by atoms with E-state index >= 15 is 0 Å². The van der Waals surface area contributed by atoms with Crippen molar-refractivity contribution in [3.05, 3.63) is 64.1 Å². The smallest absolute Gasteiger partial charge is 0.414 e. The third-order valence-corrected chi connectivity index (χ3v) is 3.87. The first kappa shape index (κ1) is 16.0. The Bertz CT molecular complexity index is 703. The van der Waals surface area contributed by atoms with Crippen LogP contribution in [-0.4, -0.2) is 19.0 Å². The predicted octanol–water partition coefficient (Wildman–Crippen LogP) is 3.32. The standard InChI is InChI=1S/C16H15BrN2O3/c1-19(13-7-4-6-11(9-13)15(18)20)16(21)22-10-12-5-2-3-8-14(12)17/h2-9H,10H2,1H3,(H2,18,20). The van der Waals surface area contributed by atoms with Gasteiger partial charge in [-0.25, -0.2) is 4.79 Å². The summed E-state index contributed by atoms with van der Waals surface area (Å²) < 4.78 is 6.14. The van der Waals surface area contributed by atoms with Gasteiger partial charge < -0.3 is 10.5 Å². The molecule has 0 aliphatic rings. The van der Waals surface area contributed by atoms with E-state index in [1.54, 1.807) is 31.3 Å². The SMILES string of the molecule is CN(C(=O)OCc1ccccc1Br)c1cccc(C(N)=O)c1. The van der Waals surface area contributed by atoms with E-state index in [4.69, 9.17) is 10.5 Å². The highest BCUT2D eigenvalue weighted by atomic mass is 79.9. The van der Waals surface area contributed by atoms with Crippen molar-refractivity contribution in [1.29, 1.82) is 0 Å². The lowest BCUT2D eigenvalue weighted by Crippen LogP contribution is -2.27. The molecule has 2 amide bonds. The highest BCUT2D eigenvalue weighted by Gasteiger charge is 2.14. The Morgan fingerprint density at radius 3 is 2.59 bits per heavy atom. The summed E-state index contributed by atoms with van der Waals surface area (Å²) in [7, 11) is 1.57. The zero-order chi connectivity index (χ0) is 16.1. The first-order chi connectivity index (χ1) is 10.5. The molecule has 2 aromatic rings. The van der Waals surface area contributed by atoms with E-state index in [1.807, 2.05) is 24.3 Å². The number of benzene rings is 2. The molecule has 22 heavy (non-hydrogen) atoms. The summed E-state index contributed by atoms with van der Waals surface area (Å²) in [5.74, 6) is -0.545. The molecule has 0 fully saturated rings. The van der Waals surface area contributed by atoms with Gasteiger partial charge in [-0.1, -0.05) is 40.2 Å². The summed E-state index contributed by atoms with van der Waals surface area (Å²) >= 11 is 3.40. The lowest BCUT2D eigenvalue weighted by Gasteiger charge is -2.18. The van der Waals surface area contributed by atoms with Gasteiger partial charge in [0.1, 0.15) is 6.61 Å². The van der Waals surface area contributed by atoms with E-state index in [0.29, 0.717) is 11.3 Å². The van der Waals surface area contributed by atoms with Crippen LogP contribution in [0.3, 0.4) is 0 Å². The van der Waals surface area contributed by atoms with Crippen LogP contribution >= 0.6 is 15.9 Å². The summed E-state index contributed by atoms with van der Waals surface area (Å²) in [6.45, 7) is 0.153. The van der Waals surface area contributed by atoms with Crippen molar-refractivity contribution in [2.24, 2.45) is 5.73 Å². The summed E-state index contributed by atoms with van der Waals surface area (Å²) in [6.07, 6.45) is -0.516. The van der Waals surface area contributed by atoms with Crippen LogP contribution in [0.25, 0.3) is 0 Å². The van der Waals surface area contributed by atoms with Crippen molar-refractivity contribution in [3.8, 4) is 0 Å². The third kappa shape index (κ3) is 3.85. The minimum Gasteiger partial charge on any atom is -0.444 e. The topological polar surface area (TPSA) is 72.6 Å². The summed E-state index contributed by atoms with van der Waals surface area (Å²) in [5, 5.41) is 0. The van der Waals surface area contributed by atoms with Crippen molar-refractivity contribution in [2.75, 3.05) is 11.9 Å². The van der Waals surface area contributed by atoms with E-state index < -0.39 is 12.0 Å². The molecule has 2 rings (SSSR count). The van der Waals surface area contributed by atoms with E-state index in [0.717, 1.165) is 10.0 Å². The number of primary amides is 1. The molecule has 6 heteroatoms. The van der Waals surface area contributed by atoms with Crippen molar-refractivity contribution < 1.29 is 14.3 Å². The van der Waals surface area contributed by atoms with Crippen molar-refractivity contribution in [3.63, 3.8) is 0 Å². The maximum absolute atomic E-state index is 12.1. The Morgan fingerprint density at radius 1 is 1.18 bits per heavy atom. The molecular formula is C16H15BrN2O3. The molecule has 0 saturated carbocycles. The molecule has 0 heterocycles. The highest BCUT2D eigenvalue weighted by molar-refractivity contribution is 9.10. The number of rotatable bonds is 4. The Kier molecular flexibility index (Phi) is 5.16. The normalized spacial score (nSPS) is 10.1. The van der Waals surface area contributed by atoms with Gasteiger partial charge in [0.25, 0.3) is 0 Å². The van der Waals surface area contributed by atoms with Gasteiger partial charge in [-0.2, -0.15) is 0 Å². The van der Waals surface area contributed by atoms with Gasteiger partial charge in [0, 0.05) is 28.3 Å². The molecule has 2 N–H and O–H groups in total. The van der Waals surface area contributed by atoms with Crippen LogP contribution in [0.4, 0.5) is 10.5 Å². The fraction of sp³-hybridized carbons (Fsp3) is 0.125. The fourth-order valence-electron chi connectivity index (χ4n) is 1.82. The van der Waals surface area contributed by atoms with Crippen molar-refractivity contribution in [1.82, 2.24) is 0 Å². The van der Waals surface area contributed by atoms with Crippen LogP contribution in [0.15, 0.2) is 53.0 Å². The highest BCUT2D eigenvalue weighted by Crippen LogP contribution is 2.19. The number of anilines is 1. The Hall–Kier alpha value is -2.34. The molecule has 0 atom stereocenters. The molecule has 0 aromatic heterocycles. The van der Waals surface area contributed by atoms with Gasteiger partial charge in [-0.15, -0.1) is 0 Å². The second-order valence-electron chi connectivity index (χ2n) is 4.62. The van der Waals surface area contributed by atoms with E-state index in [2.05, 4.69) is 15.9 Å². The van der Waals surface area contributed by atoms with Gasteiger partial charge in [-0.3, -0.25) is 9.69 Å². The summed E-state index contributed by atoms with van der Waals surface area (Å²) in [5.41, 5.74) is 6.97. The van der Waals surface area contributed by atoms with Gasteiger partial charge in [0.15, 0.2) is 0 Å². The van der Waals surface area contributed by atoms with Crippen LogP contribution < -0.4 is 10.6 Å². The number of nitrogens with zero attached hydrogens (tertiary/aromatic N) is 1. The van der Waals surface area contributed by atoms with E-state index in [1.165, 1.54) is 4.90 Å². The molecule has 2 aromatic carbocycles. The Balaban J connectivity index is 2.05. The minimum absolute atomic E-state index is 0.153. The predicted molar refractivity (Wildman–Crippen MR) is 87.7 cm³/mol. The molecule has 0 aliphatic heterocycles. The molecule has 0 spiro atoms. The monoisotopic (exact) mass is 362 g/mol. The van der Waals surface area contributed by atoms with Crippen LogP contribution in [0.2, 0.25) is 0 Å². The van der Waals surface area contributed by atoms with Gasteiger partial charge in [-0.05, 0) is 24.3 Å². The average molecular weight is 363 g/mol. The molecule has 5 nitrogen and oxygen atoms in total. The quantitative estimate of drug-likeness (QED) is 0.906. The number of carbonyl (C=O) groups excluding carboxylic acids is 2. The fourth-order valence-corrected chi connectivity index (χ4v) is 2.22. The summed E-state index contributed by atoms with van der Waals surface area (Å²) in [4.78, 5) is 24.6. The second-order valence-corrected chi connectivity index (χ2v) is 5.47. The van der Waals surface area contributed by atoms with Crippen LogP contribution in [0, 0.1) is 0 Å². The maximum atomic E-state index is 12.1. The molecule has 0 saturated heterocycles. The molecule has 0 bridgehead atoms. The first-order valence-corrected chi connectivity index (χ1v) is 7.32. The number of carbonyl (C=O) groups is 2. The molecule has 0 aliphatic carbocycles. The Morgan fingerprint density at radius 2 is 1.91 bits per heavy atom. The van der Waals surface area contributed by atoms with Crippen LogP contribution in [0.5, 0.6) is 0 Å². The number of halogens is 1. The largest absolute Gasteiger partial charge is 0.444 e. The second kappa shape index (κ2) is 7.09. The van der Waals surface area contributed by atoms with Crippen molar-refractivity contribution >= 4 is 33.6 Å². The number of hydrogen-bond donors (Lipinski definition) is 1. The van der Waals surface area contributed by atoms with Gasteiger partial charge in [0.05, 0.1) is 0 Å². The first-order valence-electron chi connectivity index (χ1n) is 6.53. The van der Waals surface area contributed by atoms with Crippen LogP contribution in [-0.2, 0) is 11.3 Å². The third-order valence-electron chi connectivity index (χ3n) is 3.10. The van der Waals surface area contributed by atoms with Gasteiger partial charge in [0.2, 0.25) is 5.91 Å². The van der Waals surface area contributed by atoms with E-state index in [-0.39, 0.29) is 6.61 Å². The number of ether oxygens (including phenoxy) is 1. The van der Waals surface area contributed by atoms with Crippen LogP contribution in [0.1, 0.15) is 15.9 Å². The number of nitrogens with two attached hydrogens (primary N) is 1. The minimum atomic E-state index is -0.545. The molecule has 0 radical (unpaired) electrons. The summed E-state index contributed by atoms with van der Waals surface area (Å²) in [6, 6.07) is 14.0. The lowest BCUT2D eigenvalue weighted by molar-refractivity contribution is 0.1000. The van der Waals surface area contributed by atoms with Gasteiger partial charge >= 0.3 is 6.09 Å². The molecule has 0 unspecified atom stereocenters. The Labute approximate surface area is 136 Å². The molecular weight excluding hydrogens is 348 g/mol. The number of hydrogen-bond acceptors (Lipinski definition) is 3.